The van der Waals surface area contributed by atoms with E-state index >= 15 is 0 Å². The van der Waals surface area contributed by atoms with E-state index in [2.05, 4.69) is 32.8 Å². The molecule has 2 N–H and O–H groups in total. The molecule has 1 fully saturated rings. The molecule has 3 nitrogen and oxygen atoms in total. The van der Waals surface area contributed by atoms with Gasteiger partial charge in [-0.25, -0.2) is 4.98 Å². The van der Waals surface area contributed by atoms with Crippen LogP contribution in [0.3, 0.4) is 0 Å². The number of thioether (sulfide) groups is 1. The molecule has 0 aliphatic carbocycles. The molecule has 0 spiro atoms. The second-order valence-corrected chi connectivity index (χ2v) is 6.17. The van der Waals surface area contributed by atoms with Crippen LogP contribution in [-0.2, 0) is 6.54 Å². The highest BCUT2D eigenvalue weighted by Gasteiger charge is 2.11. The van der Waals surface area contributed by atoms with E-state index in [9.17, 15) is 0 Å². The van der Waals surface area contributed by atoms with Gasteiger partial charge in [-0.15, -0.1) is 11.3 Å². The number of thiazole rings is 1. The molecule has 0 saturated carbocycles. The monoisotopic (exact) mass is 257 g/mol. The molecular formula is C11H19N3S2. The first-order valence-corrected chi connectivity index (χ1v) is 7.81. The summed E-state index contributed by atoms with van der Waals surface area (Å²) in [6.45, 7) is 5.21. The molecule has 90 valence electrons. The van der Waals surface area contributed by atoms with Gasteiger partial charge in [0.25, 0.3) is 0 Å². The molecule has 1 aliphatic heterocycles. The molecule has 2 heterocycles. The summed E-state index contributed by atoms with van der Waals surface area (Å²) in [5.74, 6) is 2.53. The molecule has 1 aliphatic rings. The summed E-state index contributed by atoms with van der Waals surface area (Å²) in [4.78, 5) is 4.43. The third-order valence-corrected chi connectivity index (χ3v) is 4.71. The largest absolute Gasteiger partial charge is 0.312 e. The fourth-order valence-corrected chi connectivity index (χ4v) is 3.50. The third-order valence-electron chi connectivity index (χ3n) is 2.61. The Labute approximate surface area is 105 Å². The maximum Gasteiger partial charge on any atom is 0.107 e. The molecule has 5 heteroatoms. The standard InChI is InChI=1S/C11H19N3S2/c1-9-7-16-11(14-9)6-12-3-2-10-8-15-5-4-13-10/h7,10,12-13H,2-6,8H2,1H3. The molecule has 0 aromatic carbocycles. The van der Waals surface area contributed by atoms with Crippen LogP contribution in [0.1, 0.15) is 17.1 Å². The normalized spacial score (nSPS) is 21.2. The van der Waals surface area contributed by atoms with E-state index in [1.807, 2.05) is 6.92 Å². The van der Waals surface area contributed by atoms with E-state index < -0.39 is 0 Å². The molecule has 1 aromatic heterocycles. The maximum atomic E-state index is 4.43. The van der Waals surface area contributed by atoms with Crippen molar-refractivity contribution in [2.24, 2.45) is 0 Å². The van der Waals surface area contributed by atoms with Crippen molar-refractivity contribution in [3.8, 4) is 0 Å². The summed E-state index contributed by atoms with van der Waals surface area (Å²) in [5, 5.41) is 10.3. The molecule has 16 heavy (non-hydrogen) atoms. The van der Waals surface area contributed by atoms with Crippen LogP contribution in [0.4, 0.5) is 0 Å². The molecule has 2 rings (SSSR count). The Morgan fingerprint density at radius 1 is 1.62 bits per heavy atom. The minimum Gasteiger partial charge on any atom is -0.312 e. The summed E-state index contributed by atoms with van der Waals surface area (Å²) in [5.41, 5.74) is 1.13. The Bertz CT molecular complexity index is 308. The van der Waals surface area contributed by atoms with Gasteiger partial charge in [0.2, 0.25) is 0 Å². The molecule has 1 aromatic rings. The first kappa shape index (κ1) is 12.4. The first-order chi connectivity index (χ1) is 7.84. The average Bonchev–Trinajstić information content (AvgIpc) is 2.72. The number of aryl methyl sites for hydroxylation is 1. The predicted octanol–water partition coefficient (Wildman–Crippen LogP) is 1.64. The quantitative estimate of drug-likeness (QED) is 0.786. The van der Waals surface area contributed by atoms with Gasteiger partial charge in [0, 0.05) is 41.7 Å². The number of aromatic nitrogens is 1. The highest BCUT2D eigenvalue weighted by atomic mass is 32.2. The number of hydrogen-bond donors (Lipinski definition) is 2. The van der Waals surface area contributed by atoms with Crippen molar-refractivity contribution in [1.29, 1.82) is 0 Å². The van der Waals surface area contributed by atoms with Gasteiger partial charge in [0.1, 0.15) is 5.01 Å². The zero-order chi connectivity index (χ0) is 11.2. The second kappa shape index (κ2) is 6.59. The third kappa shape index (κ3) is 4.05. The molecule has 1 atom stereocenters. The SMILES string of the molecule is Cc1csc(CNCCC2CSCCN2)n1. The minimum atomic E-state index is 0.698. The Morgan fingerprint density at radius 2 is 2.56 bits per heavy atom. The van der Waals surface area contributed by atoms with Crippen LogP contribution in [-0.4, -0.2) is 35.6 Å². The number of nitrogens with one attached hydrogen (secondary N) is 2. The predicted molar refractivity (Wildman–Crippen MR) is 72.3 cm³/mol. The van der Waals surface area contributed by atoms with E-state index in [-0.39, 0.29) is 0 Å². The highest BCUT2D eigenvalue weighted by Crippen LogP contribution is 2.10. The van der Waals surface area contributed by atoms with Crippen molar-refractivity contribution in [2.75, 3.05) is 24.6 Å². The minimum absolute atomic E-state index is 0.698. The first-order valence-electron chi connectivity index (χ1n) is 5.77. The molecule has 0 radical (unpaired) electrons. The van der Waals surface area contributed by atoms with Gasteiger partial charge in [0.05, 0.1) is 0 Å². The lowest BCUT2D eigenvalue weighted by Gasteiger charge is -2.22. The summed E-state index contributed by atoms with van der Waals surface area (Å²) in [6.07, 6.45) is 1.22. The van der Waals surface area contributed by atoms with E-state index in [0.29, 0.717) is 6.04 Å². The van der Waals surface area contributed by atoms with Crippen molar-refractivity contribution in [3.63, 3.8) is 0 Å². The number of nitrogens with zero attached hydrogens (tertiary/aromatic N) is 1. The van der Waals surface area contributed by atoms with Crippen molar-refractivity contribution in [1.82, 2.24) is 15.6 Å². The Morgan fingerprint density at radius 3 is 3.25 bits per heavy atom. The number of rotatable bonds is 5. The van der Waals surface area contributed by atoms with Crippen LogP contribution in [0.25, 0.3) is 0 Å². The van der Waals surface area contributed by atoms with E-state index in [1.54, 1.807) is 11.3 Å². The van der Waals surface area contributed by atoms with Crippen LogP contribution in [0.2, 0.25) is 0 Å². The summed E-state index contributed by atoms with van der Waals surface area (Å²) < 4.78 is 0. The zero-order valence-corrected chi connectivity index (χ0v) is 11.3. The van der Waals surface area contributed by atoms with Crippen LogP contribution in [0, 0.1) is 6.92 Å². The Balaban J connectivity index is 1.57. The van der Waals surface area contributed by atoms with Gasteiger partial charge in [0.15, 0.2) is 0 Å². The van der Waals surface area contributed by atoms with Gasteiger partial charge in [-0.3, -0.25) is 0 Å². The van der Waals surface area contributed by atoms with Gasteiger partial charge in [-0.2, -0.15) is 11.8 Å². The van der Waals surface area contributed by atoms with E-state index in [4.69, 9.17) is 0 Å². The molecular weight excluding hydrogens is 238 g/mol. The van der Waals surface area contributed by atoms with Crippen LogP contribution in [0.5, 0.6) is 0 Å². The van der Waals surface area contributed by atoms with Gasteiger partial charge < -0.3 is 10.6 Å². The van der Waals surface area contributed by atoms with Crippen LogP contribution >= 0.6 is 23.1 Å². The Hall–Kier alpha value is -0.100. The Kier molecular flexibility index (Phi) is 5.09. The fraction of sp³-hybridized carbons (Fsp3) is 0.727. The molecule has 1 unspecified atom stereocenters. The van der Waals surface area contributed by atoms with Gasteiger partial charge >= 0.3 is 0 Å². The highest BCUT2D eigenvalue weighted by molar-refractivity contribution is 7.99. The van der Waals surface area contributed by atoms with Crippen LogP contribution < -0.4 is 10.6 Å². The van der Waals surface area contributed by atoms with Crippen LogP contribution in [0.15, 0.2) is 5.38 Å². The van der Waals surface area contributed by atoms with Gasteiger partial charge in [-0.1, -0.05) is 0 Å². The molecule has 0 bridgehead atoms. The maximum absolute atomic E-state index is 4.43. The topological polar surface area (TPSA) is 37.0 Å². The van der Waals surface area contributed by atoms with Crippen molar-refractivity contribution in [2.45, 2.75) is 25.9 Å². The average molecular weight is 257 g/mol. The summed E-state index contributed by atoms with van der Waals surface area (Å²) in [7, 11) is 0. The van der Waals surface area contributed by atoms with Crippen molar-refractivity contribution in [3.05, 3.63) is 16.1 Å². The lowest BCUT2D eigenvalue weighted by molar-refractivity contribution is 0.503. The van der Waals surface area contributed by atoms with Crippen molar-refractivity contribution >= 4 is 23.1 Å². The zero-order valence-electron chi connectivity index (χ0n) is 9.66. The van der Waals surface area contributed by atoms with E-state index in [1.165, 1.54) is 29.5 Å². The summed E-state index contributed by atoms with van der Waals surface area (Å²) >= 11 is 3.80. The lowest BCUT2D eigenvalue weighted by atomic mass is 10.2. The second-order valence-electron chi connectivity index (χ2n) is 4.07. The van der Waals surface area contributed by atoms with E-state index in [0.717, 1.165) is 18.8 Å². The fourth-order valence-electron chi connectivity index (χ4n) is 1.76. The molecule has 1 saturated heterocycles. The molecule has 0 amide bonds. The van der Waals surface area contributed by atoms with Crippen molar-refractivity contribution < 1.29 is 0 Å². The lowest BCUT2D eigenvalue weighted by Crippen LogP contribution is -2.39. The smallest absolute Gasteiger partial charge is 0.107 e. The van der Waals surface area contributed by atoms with Gasteiger partial charge in [-0.05, 0) is 19.9 Å². The number of hydrogen-bond acceptors (Lipinski definition) is 5. The summed E-state index contributed by atoms with van der Waals surface area (Å²) in [6, 6.07) is 0.698.